The first-order chi connectivity index (χ1) is 14.8. The lowest BCUT2D eigenvalue weighted by Crippen LogP contribution is -2.57. The van der Waals surface area contributed by atoms with Crippen molar-refractivity contribution in [3.63, 3.8) is 0 Å². The van der Waals surface area contributed by atoms with Crippen LogP contribution in [-0.4, -0.2) is 54.2 Å². The first-order valence-corrected chi connectivity index (χ1v) is 10.6. The second-order valence-electron chi connectivity index (χ2n) is 8.58. The van der Waals surface area contributed by atoms with Gasteiger partial charge in [0.2, 0.25) is 5.91 Å². The summed E-state index contributed by atoms with van der Waals surface area (Å²) in [6, 6.07) is 18.7. The van der Waals surface area contributed by atoms with Crippen molar-refractivity contribution in [1.82, 2.24) is 9.80 Å². The Bertz CT molecular complexity index is 891. The Kier molecular flexibility index (Phi) is 6.08. The Morgan fingerprint density at radius 1 is 1.06 bits per heavy atom. The maximum atomic E-state index is 14.3. The number of halogens is 3. The molecular formula is C24H27F3N2O2. The normalized spacial score (nSPS) is 27.4. The van der Waals surface area contributed by atoms with Crippen LogP contribution in [0.15, 0.2) is 60.7 Å². The minimum Gasteiger partial charge on any atom is -0.367 e. The molecule has 1 amide bonds. The minimum atomic E-state index is -4.61. The van der Waals surface area contributed by atoms with E-state index in [2.05, 4.69) is 0 Å². The number of morpholine rings is 1. The first kappa shape index (κ1) is 21.8. The molecule has 2 aromatic carbocycles. The fourth-order valence-corrected chi connectivity index (χ4v) is 4.66. The van der Waals surface area contributed by atoms with E-state index in [-0.39, 0.29) is 38.7 Å². The van der Waals surface area contributed by atoms with E-state index >= 15 is 0 Å². The molecule has 7 heteroatoms. The molecule has 4 rings (SSSR count). The van der Waals surface area contributed by atoms with Crippen LogP contribution in [0.3, 0.4) is 0 Å². The van der Waals surface area contributed by atoms with Crippen molar-refractivity contribution < 1.29 is 22.7 Å². The third kappa shape index (κ3) is 4.48. The summed E-state index contributed by atoms with van der Waals surface area (Å²) in [6.45, 7) is 2.42. The molecule has 0 bridgehead atoms. The molecule has 166 valence electrons. The molecule has 3 atom stereocenters. The zero-order valence-corrected chi connectivity index (χ0v) is 17.5. The van der Waals surface area contributed by atoms with Crippen LogP contribution in [0.4, 0.5) is 13.2 Å². The van der Waals surface area contributed by atoms with Gasteiger partial charge < -0.3 is 9.64 Å². The predicted octanol–water partition coefficient (Wildman–Crippen LogP) is 4.43. The molecule has 0 radical (unpaired) electrons. The first-order valence-electron chi connectivity index (χ1n) is 10.6. The van der Waals surface area contributed by atoms with Crippen LogP contribution >= 0.6 is 0 Å². The highest BCUT2D eigenvalue weighted by molar-refractivity contribution is 5.84. The molecule has 2 fully saturated rings. The molecule has 0 aliphatic carbocycles. The summed E-state index contributed by atoms with van der Waals surface area (Å²) in [7, 11) is 0. The Balaban J connectivity index is 1.54. The Morgan fingerprint density at radius 2 is 1.71 bits per heavy atom. The molecule has 2 aromatic rings. The van der Waals surface area contributed by atoms with E-state index in [0.717, 1.165) is 11.1 Å². The van der Waals surface area contributed by atoms with Crippen LogP contribution in [0.5, 0.6) is 0 Å². The Morgan fingerprint density at radius 3 is 2.35 bits per heavy atom. The van der Waals surface area contributed by atoms with Gasteiger partial charge in [-0.15, -0.1) is 0 Å². The fraction of sp³-hybridized carbons (Fsp3) is 0.458. The summed E-state index contributed by atoms with van der Waals surface area (Å²) in [5.41, 5.74) is -0.567. The summed E-state index contributed by atoms with van der Waals surface area (Å²) < 4.78 is 49.0. The van der Waals surface area contributed by atoms with Gasteiger partial charge in [-0.1, -0.05) is 60.7 Å². The van der Waals surface area contributed by atoms with Gasteiger partial charge in [0.1, 0.15) is 6.10 Å². The zero-order chi connectivity index (χ0) is 22.1. The predicted molar refractivity (Wildman–Crippen MR) is 111 cm³/mol. The van der Waals surface area contributed by atoms with E-state index in [1.807, 2.05) is 60.7 Å². The van der Waals surface area contributed by atoms with Gasteiger partial charge in [-0.05, 0) is 31.0 Å². The lowest BCUT2D eigenvalue weighted by molar-refractivity contribution is -0.227. The van der Waals surface area contributed by atoms with Crippen molar-refractivity contribution in [2.45, 2.75) is 38.3 Å². The maximum Gasteiger partial charge on any atom is 0.404 e. The number of hydrogen-bond acceptors (Lipinski definition) is 3. The molecule has 2 saturated heterocycles. The Labute approximate surface area is 180 Å². The minimum absolute atomic E-state index is 0.129. The molecule has 0 aromatic heterocycles. The molecule has 0 saturated carbocycles. The number of rotatable bonds is 4. The number of carbonyl (C=O) groups is 1. The van der Waals surface area contributed by atoms with Gasteiger partial charge in [-0.25, -0.2) is 0 Å². The third-order valence-electron chi connectivity index (χ3n) is 6.27. The van der Waals surface area contributed by atoms with Crippen LogP contribution in [0.2, 0.25) is 0 Å². The summed E-state index contributed by atoms with van der Waals surface area (Å²) in [5.74, 6) is -0.827. The van der Waals surface area contributed by atoms with Gasteiger partial charge in [0, 0.05) is 19.6 Å². The number of nitrogens with zero attached hydrogens (tertiary/aromatic N) is 2. The van der Waals surface area contributed by atoms with Gasteiger partial charge in [0.25, 0.3) is 0 Å². The van der Waals surface area contributed by atoms with Gasteiger partial charge in [-0.3, -0.25) is 9.69 Å². The van der Waals surface area contributed by atoms with Crippen molar-refractivity contribution in [2.24, 2.45) is 5.41 Å². The standard InChI is InChI=1S/C24H27F3N2O2/c1-18-14-29(16-21(31-18)20-10-6-3-7-11-20)22(30)23(24(25,26)27)12-13-28(17-23)15-19-8-4-2-5-9-19/h2-11,18,21H,12-17H2,1H3. The van der Waals surface area contributed by atoms with Crippen LogP contribution in [0.1, 0.15) is 30.6 Å². The average Bonchev–Trinajstić information content (AvgIpc) is 3.19. The van der Waals surface area contributed by atoms with Gasteiger partial charge in [-0.2, -0.15) is 13.2 Å². The Hall–Kier alpha value is -2.38. The number of ether oxygens (including phenoxy) is 1. The van der Waals surface area contributed by atoms with Crippen molar-refractivity contribution >= 4 is 5.91 Å². The number of amides is 1. The summed E-state index contributed by atoms with van der Waals surface area (Å²) >= 11 is 0. The number of benzene rings is 2. The SMILES string of the molecule is CC1CN(C(=O)C2(C(F)(F)F)CCN(Cc3ccccc3)C2)CC(c2ccccc2)O1. The third-order valence-corrected chi connectivity index (χ3v) is 6.27. The van der Waals surface area contributed by atoms with Crippen molar-refractivity contribution in [1.29, 1.82) is 0 Å². The summed E-state index contributed by atoms with van der Waals surface area (Å²) in [5, 5.41) is 0. The van der Waals surface area contributed by atoms with Gasteiger partial charge in [0.15, 0.2) is 5.41 Å². The molecule has 2 heterocycles. The lowest BCUT2D eigenvalue weighted by atomic mass is 9.84. The van der Waals surface area contributed by atoms with E-state index in [1.165, 1.54) is 4.90 Å². The maximum absolute atomic E-state index is 14.3. The summed E-state index contributed by atoms with van der Waals surface area (Å²) in [6.07, 6.45) is -5.60. The highest BCUT2D eigenvalue weighted by atomic mass is 19.4. The largest absolute Gasteiger partial charge is 0.404 e. The number of hydrogen-bond donors (Lipinski definition) is 0. The summed E-state index contributed by atoms with van der Waals surface area (Å²) in [4.78, 5) is 16.5. The van der Waals surface area contributed by atoms with Crippen LogP contribution < -0.4 is 0 Å². The quantitative estimate of drug-likeness (QED) is 0.717. The molecule has 4 nitrogen and oxygen atoms in total. The molecule has 3 unspecified atom stereocenters. The molecular weight excluding hydrogens is 405 g/mol. The topological polar surface area (TPSA) is 32.8 Å². The highest BCUT2D eigenvalue weighted by Gasteiger charge is 2.64. The smallest absolute Gasteiger partial charge is 0.367 e. The van der Waals surface area contributed by atoms with E-state index < -0.39 is 23.6 Å². The monoisotopic (exact) mass is 432 g/mol. The van der Waals surface area contributed by atoms with Crippen LogP contribution in [-0.2, 0) is 16.1 Å². The second-order valence-corrected chi connectivity index (χ2v) is 8.58. The van der Waals surface area contributed by atoms with Crippen LogP contribution in [0.25, 0.3) is 0 Å². The van der Waals surface area contributed by atoms with Crippen LogP contribution in [0, 0.1) is 5.41 Å². The van der Waals surface area contributed by atoms with E-state index in [0.29, 0.717) is 6.54 Å². The lowest BCUT2D eigenvalue weighted by Gasteiger charge is -2.42. The van der Waals surface area contributed by atoms with Gasteiger partial charge >= 0.3 is 6.18 Å². The molecule has 0 N–H and O–H groups in total. The number of carbonyl (C=O) groups excluding carboxylic acids is 1. The molecule has 2 aliphatic rings. The second kappa shape index (κ2) is 8.63. The van der Waals surface area contributed by atoms with E-state index in [4.69, 9.17) is 4.74 Å². The van der Waals surface area contributed by atoms with Gasteiger partial charge in [0.05, 0.1) is 12.6 Å². The van der Waals surface area contributed by atoms with E-state index in [9.17, 15) is 18.0 Å². The molecule has 2 aliphatic heterocycles. The number of likely N-dealkylation sites (tertiary alicyclic amines) is 1. The molecule has 31 heavy (non-hydrogen) atoms. The fourth-order valence-electron chi connectivity index (χ4n) is 4.66. The molecule has 0 spiro atoms. The van der Waals surface area contributed by atoms with Crippen molar-refractivity contribution in [3.05, 3.63) is 71.8 Å². The highest BCUT2D eigenvalue weighted by Crippen LogP contribution is 2.47. The number of alkyl halides is 3. The zero-order valence-electron chi connectivity index (χ0n) is 17.5. The van der Waals surface area contributed by atoms with Crippen molar-refractivity contribution in [3.8, 4) is 0 Å². The van der Waals surface area contributed by atoms with Crippen molar-refractivity contribution in [2.75, 3.05) is 26.2 Å². The van der Waals surface area contributed by atoms with E-state index in [1.54, 1.807) is 11.8 Å². The average molecular weight is 432 g/mol.